The van der Waals surface area contributed by atoms with Crippen molar-refractivity contribution in [1.82, 2.24) is 9.80 Å². The first-order chi connectivity index (χ1) is 21.8. The summed E-state index contributed by atoms with van der Waals surface area (Å²) in [4.78, 5) is 30.0. The van der Waals surface area contributed by atoms with E-state index in [0.29, 0.717) is 79.9 Å². The maximum atomic E-state index is 13.5. The van der Waals surface area contributed by atoms with Crippen LogP contribution >= 0.6 is 0 Å². The number of halogens is 1. The minimum Gasteiger partial charge on any atom is -0.457 e. The van der Waals surface area contributed by atoms with Crippen LogP contribution in [-0.2, 0) is 10.2 Å². The third kappa shape index (κ3) is 8.16. The van der Waals surface area contributed by atoms with E-state index in [4.69, 9.17) is 9.47 Å². The number of ether oxygens (including phenoxy) is 2. The Hall–Kier alpha value is -4.15. The molecule has 5 rings (SSSR count). The van der Waals surface area contributed by atoms with Gasteiger partial charge in [-0.25, -0.2) is 9.18 Å². The molecule has 2 heterocycles. The van der Waals surface area contributed by atoms with Gasteiger partial charge in [-0.15, -0.1) is 0 Å². The third-order valence-electron chi connectivity index (χ3n) is 8.69. The van der Waals surface area contributed by atoms with Gasteiger partial charge in [-0.1, -0.05) is 26.0 Å². The van der Waals surface area contributed by atoms with Crippen molar-refractivity contribution in [3.8, 4) is 23.0 Å². The van der Waals surface area contributed by atoms with E-state index in [1.165, 1.54) is 24.3 Å². The number of urea groups is 1. The second-order valence-electron chi connectivity index (χ2n) is 13.4. The van der Waals surface area contributed by atoms with Crippen LogP contribution < -0.4 is 14.8 Å². The minimum atomic E-state index is -0.908. The molecule has 9 nitrogen and oxygen atoms in total. The van der Waals surface area contributed by atoms with Crippen LogP contribution in [0.2, 0.25) is 0 Å². The van der Waals surface area contributed by atoms with Crippen molar-refractivity contribution >= 4 is 17.6 Å². The van der Waals surface area contributed by atoms with Gasteiger partial charge < -0.3 is 34.8 Å². The molecule has 0 aromatic heterocycles. The average Bonchev–Trinajstić information content (AvgIpc) is 3.39. The Morgan fingerprint density at radius 2 is 1.48 bits per heavy atom. The van der Waals surface area contributed by atoms with E-state index in [2.05, 4.69) is 5.32 Å². The van der Waals surface area contributed by atoms with Crippen LogP contribution in [-0.4, -0.2) is 69.8 Å². The Labute approximate surface area is 269 Å². The van der Waals surface area contributed by atoms with E-state index in [0.717, 1.165) is 5.56 Å². The standard InChI is InChI=1S/C36H44FN3O6/c1-24(2)22-36(44)15-18-40(23-36)34(43)38-27-19-31(21-32(20-27)46-30-11-7-26(37)8-12-30)45-29-9-5-25(6-10-29)35(3,4)33(42)39-16-13-28(41)14-17-39/h5-12,19-21,24,28,41,44H,13-18,22-23H2,1-4H3,(H,38,43). The van der Waals surface area contributed by atoms with E-state index >= 15 is 0 Å². The smallest absolute Gasteiger partial charge is 0.321 e. The predicted molar refractivity (Wildman–Crippen MR) is 174 cm³/mol. The number of likely N-dealkylation sites (tertiary alicyclic amines) is 2. The topological polar surface area (TPSA) is 112 Å². The van der Waals surface area contributed by atoms with E-state index in [9.17, 15) is 24.2 Å². The molecule has 3 amide bonds. The number of carbonyl (C=O) groups excluding carboxylic acids is 2. The molecule has 0 spiro atoms. The summed E-state index contributed by atoms with van der Waals surface area (Å²) in [5.41, 5.74) is -0.415. The lowest BCUT2D eigenvalue weighted by Gasteiger charge is -2.36. The van der Waals surface area contributed by atoms with Gasteiger partial charge in [0, 0.05) is 43.5 Å². The molecule has 1 unspecified atom stereocenters. The van der Waals surface area contributed by atoms with Gasteiger partial charge in [0.05, 0.1) is 23.7 Å². The van der Waals surface area contributed by atoms with Crippen LogP contribution in [0.3, 0.4) is 0 Å². The number of piperidine rings is 1. The highest BCUT2D eigenvalue weighted by molar-refractivity contribution is 5.90. The summed E-state index contributed by atoms with van der Waals surface area (Å²) in [6, 6.07) is 17.6. The normalized spacial score (nSPS) is 19.0. The summed E-state index contributed by atoms with van der Waals surface area (Å²) >= 11 is 0. The Balaban J connectivity index is 1.33. The van der Waals surface area contributed by atoms with Gasteiger partial charge in [0.1, 0.15) is 28.8 Å². The molecule has 2 aliphatic heterocycles. The molecule has 2 aliphatic rings. The molecule has 3 aromatic rings. The summed E-state index contributed by atoms with van der Waals surface area (Å²) in [5.74, 6) is 1.62. The van der Waals surface area contributed by atoms with E-state index in [1.54, 1.807) is 35.2 Å². The van der Waals surface area contributed by atoms with Crippen LogP contribution in [0.15, 0.2) is 66.7 Å². The zero-order valence-electron chi connectivity index (χ0n) is 27.0. The fourth-order valence-electron chi connectivity index (χ4n) is 6.22. The van der Waals surface area contributed by atoms with Crippen LogP contribution in [0.4, 0.5) is 14.9 Å². The molecule has 0 radical (unpaired) electrons. The van der Waals surface area contributed by atoms with Crippen molar-refractivity contribution < 1.29 is 33.7 Å². The van der Waals surface area contributed by atoms with Crippen LogP contribution in [0.1, 0.15) is 58.9 Å². The second kappa shape index (κ2) is 13.7. The van der Waals surface area contributed by atoms with Gasteiger partial charge >= 0.3 is 6.03 Å². The Morgan fingerprint density at radius 3 is 2.04 bits per heavy atom. The lowest BCUT2D eigenvalue weighted by Crippen LogP contribution is -2.47. The predicted octanol–water partition coefficient (Wildman–Crippen LogP) is 6.69. The zero-order valence-corrected chi connectivity index (χ0v) is 27.0. The molecule has 246 valence electrons. The lowest BCUT2D eigenvalue weighted by atomic mass is 9.82. The maximum Gasteiger partial charge on any atom is 0.321 e. The summed E-state index contributed by atoms with van der Waals surface area (Å²) in [5, 5.41) is 23.7. The summed E-state index contributed by atoms with van der Waals surface area (Å²) in [6.07, 6.45) is 1.94. The van der Waals surface area contributed by atoms with Crippen molar-refractivity contribution in [1.29, 1.82) is 0 Å². The number of aliphatic hydroxyl groups is 2. The number of benzene rings is 3. The van der Waals surface area contributed by atoms with E-state index in [1.807, 2.05) is 44.7 Å². The number of carbonyl (C=O) groups is 2. The van der Waals surface area contributed by atoms with E-state index in [-0.39, 0.29) is 30.4 Å². The number of hydrogen-bond donors (Lipinski definition) is 3. The fourth-order valence-corrected chi connectivity index (χ4v) is 6.22. The number of nitrogens with one attached hydrogen (secondary N) is 1. The molecule has 2 saturated heterocycles. The fraction of sp³-hybridized carbons (Fsp3) is 0.444. The average molecular weight is 634 g/mol. The Morgan fingerprint density at radius 1 is 0.913 bits per heavy atom. The minimum absolute atomic E-state index is 0.0137. The SMILES string of the molecule is CC(C)CC1(O)CCN(C(=O)Nc2cc(Oc3ccc(F)cc3)cc(Oc3ccc(C(C)(C)C(=O)N4CCC(O)CC4)cc3)c2)C1. The van der Waals surface area contributed by atoms with Crippen molar-refractivity contribution in [3.63, 3.8) is 0 Å². The van der Waals surface area contributed by atoms with Gasteiger partial charge in [-0.3, -0.25) is 4.79 Å². The molecule has 2 fully saturated rings. The van der Waals surface area contributed by atoms with Gasteiger partial charge in [0.15, 0.2) is 0 Å². The number of nitrogens with zero attached hydrogens (tertiary/aromatic N) is 2. The van der Waals surface area contributed by atoms with Gasteiger partial charge in [-0.2, -0.15) is 0 Å². The third-order valence-corrected chi connectivity index (χ3v) is 8.69. The molecule has 0 saturated carbocycles. The number of amides is 3. The number of rotatable bonds is 9. The molecule has 10 heteroatoms. The highest BCUT2D eigenvalue weighted by atomic mass is 19.1. The van der Waals surface area contributed by atoms with Crippen molar-refractivity contribution in [2.75, 3.05) is 31.5 Å². The van der Waals surface area contributed by atoms with E-state index < -0.39 is 11.0 Å². The molecular formula is C36H44FN3O6. The molecule has 0 bridgehead atoms. The monoisotopic (exact) mass is 633 g/mol. The first kappa shape index (κ1) is 33.2. The van der Waals surface area contributed by atoms with Gasteiger partial charge in [0.25, 0.3) is 0 Å². The second-order valence-corrected chi connectivity index (χ2v) is 13.4. The molecule has 3 aromatic carbocycles. The Bertz CT molecular complexity index is 1520. The van der Waals surface area contributed by atoms with Crippen LogP contribution in [0.25, 0.3) is 0 Å². The Kier molecular flexibility index (Phi) is 9.88. The largest absolute Gasteiger partial charge is 0.457 e. The summed E-state index contributed by atoms with van der Waals surface area (Å²) in [6.45, 7) is 9.65. The first-order valence-corrected chi connectivity index (χ1v) is 15.9. The quantitative estimate of drug-likeness (QED) is 0.242. The van der Waals surface area contributed by atoms with Crippen LogP contribution in [0.5, 0.6) is 23.0 Å². The van der Waals surface area contributed by atoms with Crippen molar-refractivity contribution in [3.05, 3.63) is 78.1 Å². The summed E-state index contributed by atoms with van der Waals surface area (Å²) in [7, 11) is 0. The number of anilines is 1. The first-order valence-electron chi connectivity index (χ1n) is 15.9. The summed E-state index contributed by atoms with van der Waals surface area (Å²) < 4.78 is 25.7. The number of hydrogen-bond acceptors (Lipinski definition) is 6. The number of aliphatic hydroxyl groups excluding tert-OH is 1. The zero-order chi connectivity index (χ0) is 33.1. The molecule has 0 aliphatic carbocycles. The molecule has 1 atom stereocenters. The maximum absolute atomic E-state index is 13.5. The molecule has 3 N–H and O–H groups in total. The highest BCUT2D eigenvalue weighted by Crippen LogP contribution is 2.35. The van der Waals surface area contributed by atoms with Crippen molar-refractivity contribution in [2.24, 2.45) is 5.92 Å². The van der Waals surface area contributed by atoms with Crippen molar-refractivity contribution in [2.45, 2.75) is 70.5 Å². The van der Waals surface area contributed by atoms with Gasteiger partial charge in [-0.05, 0) is 87.4 Å². The van der Waals surface area contributed by atoms with Gasteiger partial charge in [0.2, 0.25) is 5.91 Å². The lowest BCUT2D eigenvalue weighted by molar-refractivity contribution is -0.138. The number of β-amino-alcohol motifs (C(OH)–C–C–N with tert-alkyl or cyclic N) is 1. The molecular weight excluding hydrogens is 589 g/mol. The highest BCUT2D eigenvalue weighted by Gasteiger charge is 2.39. The van der Waals surface area contributed by atoms with Crippen LogP contribution in [0, 0.1) is 11.7 Å². The molecule has 46 heavy (non-hydrogen) atoms.